The maximum atomic E-state index is 13.4. The Balaban J connectivity index is 1.61. The van der Waals surface area contributed by atoms with Crippen molar-refractivity contribution in [2.75, 3.05) is 13.1 Å². The third kappa shape index (κ3) is 4.32. The highest BCUT2D eigenvalue weighted by Gasteiger charge is 2.30. The molecule has 1 aromatic carbocycles. The summed E-state index contributed by atoms with van der Waals surface area (Å²) in [5.74, 6) is -0.000979. The lowest BCUT2D eigenvalue weighted by Gasteiger charge is -2.32. The Bertz CT molecular complexity index is 898. The number of carbonyl (C=O) groups is 2. The van der Waals surface area contributed by atoms with Gasteiger partial charge in [0.1, 0.15) is 0 Å². The number of carbonyl (C=O) groups excluding carboxylic acids is 2. The molecule has 2 aromatic rings. The number of benzene rings is 1. The smallest absolute Gasteiger partial charge is 0.274 e. The molecule has 7 heteroatoms. The van der Waals surface area contributed by atoms with Crippen LogP contribution in [0, 0.1) is 0 Å². The number of amides is 2. The third-order valence-electron chi connectivity index (χ3n) is 5.89. The second kappa shape index (κ2) is 8.57. The topological polar surface area (TPSA) is 67.2 Å². The van der Waals surface area contributed by atoms with Crippen LogP contribution in [-0.2, 0) is 17.6 Å². The van der Waals surface area contributed by atoms with E-state index in [1.165, 1.54) is 13.3 Å². The van der Waals surface area contributed by atoms with E-state index in [9.17, 15) is 9.59 Å². The Morgan fingerprint density at radius 1 is 1.07 bits per heavy atom. The van der Waals surface area contributed by atoms with Gasteiger partial charge in [0.2, 0.25) is 5.91 Å². The lowest BCUT2D eigenvalue weighted by Crippen LogP contribution is -2.46. The molecule has 1 fully saturated rings. The van der Waals surface area contributed by atoms with Crippen molar-refractivity contribution in [3.8, 4) is 5.69 Å². The Labute approximate surface area is 176 Å². The molecule has 0 radical (unpaired) electrons. The van der Waals surface area contributed by atoms with Crippen LogP contribution in [0.3, 0.4) is 0 Å². The van der Waals surface area contributed by atoms with Gasteiger partial charge in [0.05, 0.1) is 5.69 Å². The maximum absolute atomic E-state index is 13.4. The fraction of sp³-hybridized carbons (Fsp3) is 0.500. The summed E-state index contributed by atoms with van der Waals surface area (Å²) in [4.78, 5) is 26.5. The van der Waals surface area contributed by atoms with E-state index in [0.717, 1.165) is 55.5 Å². The van der Waals surface area contributed by atoms with E-state index in [4.69, 9.17) is 16.7 Å². The zero-order chi connectivity index (χ0) is 20.4. The van der Waals surface area contributed by atoms with Crippen LogP contribution in [0.1, 0.15) is 60.8 Å². The van der Waals surface area contributed by atoms with E-state index in [-0.39, 0.29) is 17.9 Å². The second-order valence-corrected chi connectivity index (χ2v) is 8.43. The lowest BCUT2D eigenvalue weighted by atomic mass is 10.0. The van der Waals surface area contributed by atoms with Crippen LogP contribution in [-0.4, -0.2) is 45.6 Å². The molecule has 1 aliphatic heterocycles. The van der Waals surface area contributed by atoms with Gasteiger partial charge in [-0.25, -0.2) is 4.68 Å². The summed E-state index contributed by atoms with van der Waals surface area (Å²) < 4.78 is 1.94. The number of rotatable bonds is 3. The minimum absolute atomic E-state index is 0.0112. The van der Waals surface area contributed by atoms with E-state index < -0.39 is 0 Å². The summed E-state index contributed by atoms with van der Waals surface area (Å²) in [5, 5.41) is 8.44. The average molecular weight is 415 g/mol. The van der Waals surface area contributed by atoms with Gasteiger partial charge in [-0.05, 0) is 62.8 Å². The van der Waals surface area contributed by atoms with Gasteiger partial charge < -0.3 is 10.2 Å². The van der Waals surface area contributed by atoms with Gasteiger partial charge in [0.25, 0.3) is 5.91 Å². The summed E-state index contributed by atoms with van der Waals surface area (Å²) >= 11 is 6.05. The normalized spacial score (nSPS) is 17.5. The molecule has 6 nitrogen and oxygen atoms in total. The maximum Gasteiger partial charge on any atom is 0.274 e. The summed E-state index contributed by atoms with van der Waals surface area (Å²) in [5.41, 5.74) is 3.79. The van der Waals surface area contributed by atoms with Crippen LogP contribution in [0.15, 0.2) is 24.3 Å². The van der Waals surface area contributed by atoms with Crippen LogP contribution in [0.4, 0.5) is 0 Å². The summed E-state index contributed by atoms with van der Waals surface area (Å²) in [7, 11) is 0. The van der Waals surface area contributed by atoms with Gasteiger partial charge in [-0.15, -0.1) is 0 Å². The Morgan fingerprint density at radius 2 is 1.76 bits per heavy atom. The molecular weight excluding hydrogens is 388 g/mol. The molecule has 0 atom stereocenters. The molecule has 154 valence electrons. The van der Waals surface area contributed by atoms with Crippen LogP contribution in [0.5, 0.6) is 0 Å². The van der Waals surface area contributed by atoms with Crippen molar-refractivity contribution >= 4 is 23.4 Å². The van der Waals surface area contributed by atoms with E-state index >= 15 is 0 Å². The highest BCUT2D eigenvalue weighted by atomic mass is 35.5. The Kier molecular flexibility index (Phi) is 5.90. The van der Waals surface area contributed by atoms with E-state index in [1.54, 1.807) is 0 Å². The molecule has 2 aliphatic rings. The molecule has 0 unspecified atom stereocenters. The van der Waals surface area contributed by atoms with Gasteiger partial charge in [0, 0.05) is 42.3 Å². The molecular formula is C22H27ClN4O2. The summed E-state index contributed by atoms with van der Waals surface area (Å²) in [6.45, 7) is 2.83. The predicted octanol–water partition coefficient (Wildman–Crippen LogP) is 3.54. The Hall–Kier alpha value is -2.34. The lowest BCUT2D eigenvalue weighted by molar-refractivity contribution is -0.119. The van der Waals surface area contributed by atoms with Crippen molar-refractivity contribution in [2.24, 2.45) is 0 Å². The zero-order valence-electron chi connectivity index (χ0n) is 16.8. The van der Waals surface area contributed by atoms with Crippen LogP contribution >= 0.6 is 11.6 Å². The van der Waals surface area contributed by atoms with Crippen LogP contribution in [0.2, 0.25) is 5.02 Å². The SMILES string of the molecule is CC(=O)NC1CCN(C(=O)c2nn(-c3ccc(Cl)cc3)c3c2CCCCC3)CC1. The number of hydrogen-bond acceptors (Lipinski definition) is 3. The number of aromatic nitrogens is 2. The molecule has 0 saturated carbocycles. The first-order chi connectivity index (χ1) is 14.0. The monoisotopic (exact) mass is 414 g/mol. The molecule has 0 spiro atoms. The first-order valence-corrected chi connectivity index (χ1v) is 10.8. The number of piperidine rings is 1. The van der Waals surface area contributed by atoms with E-state index in [0.29, 0.717) is 23.8 Å². The molecule has 1 aliphatic carbocycles. The van der Waals surface area contributed by atoms with Crippen LogP contribution in [0.25, 0.3) is 5.69 Å². The van der Waals surface area contributed by atoms with E-state index in [2.05, 4.69) is 5.32 Å². The fourth-order valence-electron chi connectivity index (χ4n) is 4.41. The highest BCUT2D eigenvalue weighted by Crippen LogP contribution is 2.28. The van der Waals surface area contributed by atoms with Crippen molar-refractivity contribution in [3.63, 3.8) is 0 Å². The van der Waals surface area contributed by atoms with Gasteiger partial charge in [-0.3, -0.25) is 9.59 Å². The van der Waals surface area contributed by atoms with E-state index in [1.807, 2.05) is 33.8 Å². The minimum atomic E-state index is -0.0122. The molecule has 1 saturated heterocycles. The zero-order valence-corrected chi connectivity index (χ0v) is 17.5. The average Bonchev–Trinajstić information content (AvgIpc) is 2.89. The Morgan fingerprint density at radius 3 is 2.45 bits per heavy atom. The van der Waals surface area contributed by atoms with Crippen molar-refractivity contribution in [1.29, 1.82) is 0 Å². The number of likely N-dealkylation sites (tertiary alicyclic amines) is 1. The quantitative estimate of drug-likeness (QED) is 0.781. The highest BCUT2D eigenvalue weighted by molar-refractivity contribution is 6.30. The standard InChI is InChI=1S/C22H27ClN4O2/c1-15(28)24-17-11-13-26(14-12-17)22(29)21-19-5-3-2-4-6-20(19)27(25-21)18-9-7-16(23)8-10-18/h7-10,17H,2-6,11-14H2,1H3,(H,24,28). The van der Waals surface area contributed by atoms with Crippen LogP contribution < -0.4 is 5.32 Å². The van der Waals surface area contributed by atoms with Crippen molar-refractivity contribution in [1.82, 2.24) is 20.0 Å². The number of nitrogens with zero attached hydrogens (tertiary/aromatic N) is 3. The molecule has 0 bridgehead atoms. The minimum Gasteiger partial charge on any atom is -0.353 e. The first kappa shape index (κ1) is 20.0. The van der Waals surface area contributed by atoms with Crippen molar-refractivity contribution in [2.45, 2.75) is 57.9 Å². The summed E-state index contributed by atoms with van der Waals surface area (Å²) in [6.07, 6.45) is 6.77. The molecule has 1 aromatic heterocycles. The first-order valence-electron chi connectivity index (χ1n) is 10.5. The number of halogens is 1. The second-order valence-electron chi connectivity index (χ2n) is 7.99. The number of nitrogens with one attached hydrogen (secondary N) is 1. The van der Waals surface area contributed by atoms with Crippen molar-refractivity contribution < 1.29 is 9.59 Å². The predicted molar refractivity (Wildman–Crippen MR) is 113 cm³/mol. The summed E-state index contributed by atoms with van der Waals surface area (Å²) in [6, 6.07) is 7.77. The molecule has 2 amide bonds. The van der Waals surface area contributed by atoms with Gasteiger partial charge in [0.15, 0.2) is 5.69 Å². The van der Waals surface area contributed by atoms with Gasteiger partial charge >= 0.3 is 0 Å². The molecule has 29 heavy (non-hydrogen) atoms. The third-order valence-corrected chi connectivity index (χ3v) is 6.15. The number of fused-ring (bicyclic) bond motifs is 1. The van der Waals surface area contributed by atoms with Gasteiger partial charge in [-0.2, -0.15) is 5.10 Å². The fourth-order valence-corrected chi connectivity index (χ4v) is 4.53. The molecule has 1 N–H and O–H groups in total. The molecule has 2 heterocycles. The van der Waals surface area contributed by atoms with Gasteiger partial charge in [-0.1, -0.05) is 18.0 Å². The largest absolute Gasteiger partial charge is 0.353 e. The number of hydrogen-bond donors (Lipinski definition) is 1. The molecule has 4 rings (SSSR count). The van der Waals surface area contributed by atoms with Crippen molar-refractivity contribution in [3.05, 3.63) is 46.2 Å².